The first-order valence-corrected chi connectivity index (χ1v) is 6.87. The van der Waals surface area contributed by atoms with Crippen LogP contribution < -0.4 is 9.64 Å². The predicted octanol–water partition coefficient (Wildman–Crippen LogP) is 2.75. The van der Waals surface area contributed by atoms with Gasteiger partial charge in [-0.05, 0) is 24.1 Å². The summed E-state index contributed by atoms with van der Waals surface area (Å²) in [7, 11) is 3.40. The number of thiazole rings is 1. The summed E-state index contributed by atoms with van der Waals surface area (Å²) < 4.78 is 5.10. The molecule has 1 heterocycles. The maximum absolute atomic E-state index is 12.0. The van der Waals surface area contributed by atoms with Crippen molar-refractivity contribution in [3.63, 3.8) is 0 Å². The van der Waals surface area contributed by atoms with E-state index >= 15 is 0 Å². The Morgan fingerprint density at radius 1 is 1.37 bits per heavy atom. The second-order valence-electron chi connectivity index (χ2n) is 4.12. The number of methoxy groups -OCH3 is 1. The third-order valence-electron chi connectivity index (χ3n) is 2.87. The van der Waals surface area contributed by atoms with Gasteiger partial charge in [-0.15, -0.1) is 11.3 Å². The van der Waals surface area contributed by atoms with Crippen LogP contribution in [-0.2, 0) is 11.2 Å². The summed E-state index contributed by atoms with van der Waals surface area (Å²) in [5, 5.41) is 2.60. The molecule has 0 N–H and O–H groups in total. The second-order valence-corrected chi connectivity index (χ2v) is 4.99. The molecule has 19 heavy (non-hydrogen) atoms. The molecule has 1 amide bonds. The Morgan fingerprint density at radius 2 is 2.11 bits per heavy atom. The van der Waals surface area contributed by atoms with Gasteiger partial charge < -0.3 is 4.74 Å². The van der Waals surface area contributed by atoms with Gasteiger partial charge in [-0.1, -0.05) is 12.1 Å². The zero-order valence-electron chi connectivity index (χ0n) is 11.0. The molecule has 2 rings (SSSR count). The zero-order valence-corrected chi connectivity index (χ0v) is 11.8. The van der Waals surface area contributed by atoms with Crippen LogP contribution in [0, 0.1) is 0 Å². The number of rotatable bonds is 5. The molecule has 1 aromatic heterocycles. The smallest absolute Gasteiger partial charge is 0.228 e. The molecule has 0 saturated carbocycles. The molecule has 0 radical (unpaired) electrons. The Balaban J connectivity index is 1.89. The van der Waals surface area contributed by atoms with Crippen LogP contribution >= 0.6 is 11.3 Å². The Hall–Kier alpha value is -1.88. The van der Waals surface area contributed by atoms with Crippen LogP contribution in [0.1, 0.15) is 12.0 Å². The van der Waals surface area contributed by atoms with Crippen LogP contribution in [0.15, 0.2) is 35.8 Å². The maximum atomic E-state index is 12.0. The fourth-order valence-electron chi connectivity index (χ4n) is 1.70. The molecule has 5 heteroatoms. The van der Waals surface area contributed by atoms with Crippen molar-refractivity contribution in [2.45, 2.75) is 12.8 Å². The monoisotopic (exact) mass is 276 g/mol. The molecule has 0 aliphatic heterocycles. The number of anilines is 1. The van der Waals surface area contributed by atoms with E-state index in [1.54, 1.807) is 25.3 Å². The summed E-state index contributed by atoms with van der Waals surface area (Å²) in [6.07, 6.45) is 2.90. The molecule has 0 aliphatic rings. The highest BCUT2D eigenvalue weighted by molar-refractivity contribution is 7.13. The van der Waals surface area contributed by atoms with Crippen LogP contribution in [0.3, 0.4) is 0 Å². The number of aromatic nitrogens is 1. The van der Waals surface area contributed by atoms with Crippen molar-refractivity contribution < 1.29 is 9.53 Å². The first-order chi connectivity index (χ1) is 9.20. The van der Waals surface area contributed by atoms with Gasteiger partial charge in [0, 0.05) is 25.0 Å². The lowest BCUT2D eigenvalue weighted by molar-refractivity contribution is -0.118. The Bertz CT molecular complexity index is 523. The van der Waals surface area contributed by atoms with E-state index in [2.05, 4.69) is 4.98 Å². The predicted molar refractivity (Wildman–Crippen MR) is 76.8 cm³/mol. The van der Waals surface area contributed by atoms with Gasteiger partial charge >= 0.3 is 0 Å². The standard InChI is InChI=1S/C14H16N2O2S/c1-16(14-15-9-10-19-14)13(17)8-5-11-3-6-12(18-2)7-4-11/h3-4,6-7,9-10H,5,8H2,1-2H3. The third-order valence-corrected chi connectivity index (χ3v) is 3.71. The minimum Gasteiger partial charge on any atom is -0.497 e. The lowest BCUT2D eigenvalue weighted by Gasteiger charge is -2.13. The highest BCUT2D eigenvalue weighted by Gasteiger charge is 2.12. The van der Waals surface area contributed by atoms with Gasteiger partial charge in [-0.3, -0.25) is 9.69 Å². The van der Waals surface area contributed by atoms with Crippen molar-refractivity contribution in [2.75, 3.05) is 19.1 Å². The van der Waals surface area contributed by atoms with E-state index < -0.39 is 0 Å². The van der Waals surface area contributed by atoms with Gasteiger partial charge in [0.25, 0.3) is 0 Å². The summed E-state index contributed by atoms with van der Waals surface area (Å²) in [5.74, 6) is 0.903. The molecule has 100 valence electrons. The number of carbonyl (C=O) groups is 1. The molecule has 1 aromatic carbocycles. The van der Waals surface area contributed by atoms with E-state index in [4.69, 9.17) is 4.74 Å². The first-order valence-electron chi connectivity index (χ1n) is 5.99. The second kappa shape index (κ2) is 6.33. The SMILES string of the molecule is COc1ccc(CCC(=O)N(C)c2nccs2)cc1. The summed E-state index contributed by atoms with van der Waals surface area (Å²) in [5.41, 5.74) is 1.13. The lowest BCUT2D eigenvalue weighted by atomic mass is 10.1. The van der Waals surface area contributed by atoms with Crippen molar-refractivity contribution in [1.29, 1.82) is 0 Å². The molecular formula is C14H16N2O2S. The zero-order chi connectivity index (χ0) is 13.7. The largest absolute Gasteiger partial charge is 0.497 e. The van der Waals surface area contributed by atoms with Gasteiger partial charge in [0.2, 0.25) is 5.91 Å². The Kier molecular flexibility index (Phi) is 4.52. The van der Waals surface area contributed by atoms with E-state index in [0.29, 0.717) is 6.42 Å². The molecular weight excluding hydrogens is 260 g/mol. The normalized spacial score (nSPS) is 10.2. The topological polar surface area (TPSA) is 42.4 Å². The molecule has 0 saturated heterocycles. The van der Waals surface area contributed by atoms with Crippen LogP contribution in [-0.4, -0.2) is 25.0 Å². The fraction of sp³-hybridized carbons (Fsp3) is 0.286. The molecule has 0 unspecified atom stereocenters. The van der Waals surface area contributed by atoms with Crippen molar-refractivity contribution in [3.8, 4) is 5.75 Å². The molecule has 0 atom stereocenters. The van der Waals surface area contributed by atoms with Gasteiger partial charge in [-0.25, -0.2) is 4.98 Å². The minimum atomic E-state index is 0.0748. The van der Waals surface area contributed by atoms with E-state index in [9.17, 15) is 4.79 Å². The minimum absolute atomic E-state index is 0.0748. The number of aryl methyl sites for hydroxylation is 1. The van der Waals surface area contributed by atoms with Crippen LogP contribution in [0.25, 0.3) is 0 Å². The van der Waals surface area contributed by atoms with Crippen molar-refractivity contribution in [3.05, 3.63) is 41.4 Å². The molecule has 0 fully saturated rings. The number of amides is 1. The first kappa shape index (κ1) is 13.5. The molecule has 0 bridgehead atoms. The summed E-state index contributed by atoms with van der Waals surface area (Å²) in [4.78, 5) is 17.7. The molecule has 4 nitrogen and oxygen atoms in total. The van der Waals surface area contributed by atoms with E-state index in [1.165, 1.54) is 11.3 Å². The van der Waals surface area contributed by atoms with E-state index in [0.717, 1.165) is 22.9 Å². The Morgan fingerprint density at radius 3 is 2.68 bits per heavy atom. The van der Waals surface area contributed by atoms with Gasteiger partial charge in [-0.2, -0.15) is 0 Å². The highest BCUT2D eigenvalue weighted by Crippen LogP contribution is 2.17. The summed E-state index contributed by atoms with van der Waals surface area (Å²) in [6.45, 7) is 0. The van der Waals surface area contributed by atoms with Crippen molar-refractivity contribution in [1.82, 2.24) is 4.98 Å². The number of hydrogen-bond acceptors (Lipinski definition) is 4. The number of hydrogen-bond donors (Lipinski definition) is 0. The van der Waals surface area contributed by atoms with Gasteiger partial charge in [0.1, 0.15) is 5.75 Å². The van der Waals surface area contributed by atoms with Gasteiger partial charge in [0.05, 0.1) is 7.11 Å². The van der Waals surface area contributed by atoms with E-state index in [-0.39, 0.29) is 5.91 Å². The molecule has 0 aliphatic carbocycles. The quantitative estimate of drug-likeness (QED) is 0.843. The van der Waals surface area contributed by atoms with Crippen LogP contribution in [0.2, 0.25) is 0 Å². The average molecular weight is 276 g/mol. The number of benzene rings is 1. The van der Waals surface area contributed by atoms with Crippen molar-refractivity contribution >= 4 is 22.4 Å². The fourth-order valence-corrected chi connectivity index (χ4v) is 2.32. The van der Waals surface area contributed by atoms with Crippen LogP contribution in [0.5, 0.6) is 5.75 Å². The summed E-state index contributed by atoms with van der Waals surface area (Å²) in [6, 6.07) is 7.78. The van der Waals surface area contributed by atoms with Crippen molar-refractivity contribution in [2.24, 2.45) is 0 Å². The number of ether oxygens (including phenoxy) is 1. The lowest BCUT2D eigenvalue weighted by Crippen LogP contribution is -2.26. The summed E-state index contributed by atoms with van der Waals surface area (Å²) >= 11 is 1.46. The Labute approximate surface area is 116 Å². The molecule has 2 aromatic rings. The number of nitrogens with zero attached hydrogens (tertiary/aromatic N) is 2. The maximum Gasteiger partial charge on any atom is 0.228 e. The molecule has 0 spiro atoms. The average Bonchev–Trinajstić information content (AvgIpc) is 2.98. The number of carbonyl (C=O) groups excluding carboxylic acids is 1. The van der Waals surface area contributed by atoms with Crippen LogP contribution in [0.4, 0.5) is 5.13 Å². The third kappa shape index (κ3) is 3.54. The highest BCUT2D eigenvalue weighted by atomic mass is 32.1. The van der Waals surface area contributed by atoms with E-state index in [1.807, 2.05) is 29.6 Å². The van der Waals surface area contributed by atoms with Gasteiger partial charge in [0.15, 0.2) is 5.13 Å².